The van der Waals surface area contributed by atoms with E-state index in [-0.39, 0.29) is 5.82 Å². The number of hydrogen-bond acceptors (Lipinski definition) is 3. The molecule has 0 saturated heterocycles. The van der Waals surface area contributed by atoms with Gasteiger partial charge in [0.25, 0.3) is 0 Å². The molecule has 2 nitrogen and oxygen atoms in total. The molecule has 1 heterocycles. The monoisotopic (exact) mass is 293 g/mol. The normalized spacial score (nSPS) is 10.7. The van der Waals surface area contributed by atoms with Gasteiger partial charge in [-0.3, -0.25) is 0 Å². The van der Waals surface area contributed by atoms with Gasteiger partial charge in [0.15, 0.2) is 0 Å². The summed E-state index contributed by atoms with van der Waals surface area (Å²) in [5.74, 6) is 0.550. The van der Waals surface area contributed by atoms with E-state index in [9.17, 15) is 4.39 Å². The van der Waals surface area contributed by atoms with Crippen LogP contribution in [0.2, 0.25) is 0 Å². The third-order valence-electron chi connectivity index (χ3n) is 2.99. The van der Waals surface area contributed by atoms with Gasteiger partial charge < -0.3 is 10.1 Å². The minimum absolute atomic E-state index is 0.219. The molecular weight excluding hydrogens is 273 g/mol. The van der Waals surface area contributed by atoms with E-state index in [0.29, 0.717) is 13.2 Å². The van der Waals surface area contributed by atoms with E-state index in [1.165, 1.54) is 11.6 Å². The molecule has 1 aromatic carbocycles. The molecular formula is C16H20FNOS. The lowest BCUT2D eigenvalue weighted by Gasteiger charge is -2.12. The van der Waals surface area contributed by atoms with E-state index in [4.69, 9.17) is 4.74 Å². The van der Waals surface area contributed by atoms with Gasteiger partial charge in [-0.05, 0) is 53.6 Å². The van der Waals surface area contributed by atoms with Gasteiger partial charge in [0.2, 0.25) is 0 Å². The number of benzene rings is 1. The SMILES string of the molecule is CCCNCc1cc(F)ccc1OCCc1ccsc1. The Morgan fingerprint density at radius 2 is 2.20 bits per heavy atom. The van der Waals surface area contributed by atoms with Crippen molar-refractivity contribution >= 4 is 11.3 Å². The zero-order chi connectivity index (χ0) is 14.2. The fourth-order valence-corrected chi connectivity index (χ4v) is 2.64. The van der Waals surface area contributed by atoms with Crippen LogP contribution in [0.25, 0.3) is 0 Å². The first kappa shape index (κ1) is 15.0. The molecule has 0 aliphatic heterocycles. The van der Waals surface area contributed by atoms with Crippen LogP contribution in [0.5, 0.6) is 5.75 Å². The minimum atomic E-state index is -0.219. The fraction of sp³-hybridized carbons (Fsp3) is 0.375. The summed E-state index contributed by atoms with van der Waals surface area (Å²) in [4.78, 5) is 0. The third kappa shape index (κ3) is 4.62. The molecule has 0 amide bonds. The van der Waals surface area contributed by atoms with Crippen molar-refractivity contribution in [3.05, 3.63) is 52.0 Å². The molecule has 20 heavy (non-hydrogen) atoms. The summed E-state index contributed by atoms with van der Waals surface area (Å²) in [5, 5.41) is 7.46. The van der Waals surface area contributed by atoms with Gasteiger partial charge in [0.1, 0.15) is 11.6 Å². The lowest BCUT2D eigenvalue weighted by molar-refractivity contribution is 0.317. The van der Waals surface area contributed by atoms with Crippen LogP contribution in [0.3, 0.4) is 0 Å². The van der Waals surface area contributed by atoms with E-state index < -0.39 is 0 Å². The Hall–Kier alpha value is -1.39. The van der Waals surface area contributed by atoms with Crippen molar-refractivity contribution in [1.82, 2.24) is 5.32 Å². The Labute approximate surface area is 123 Å². The van der Waals surface area contributed by atoms with Crippen molar-refractivity contribution in [2.45, 2.75) is 26.3 Å². The molecule has 1 aromatic heterocycles. The van der Waals surface area contributed by atoms with Crippen molar-refractivity contribution in [2.75, 3.05) is 13.2 Å². The highest BCUT2D eigenvalue weighted by Gasteiger charge is 2.05. The van der Waals surface area contributed by atoms with Crippen LogP contribution in [0, 0.1) is 5.82 Å². The van der Waals surface area contributed by atoms with E-state index in [1.54, 1.807) is 23.5 Å². The molecule has 2 aromatic rings. The Bertz CT molecular complexity index is 513. The van der Waals surface area contributed by atoms with Gasteiger partial charge in [-0.1, -0.05) is 6.92 Å². The van der Waals surface area contributed by atoms with Crippen LogP contribution in [0.4, 0.5) is 4.39 Å². The third-order valence-corrected chi connectivity index (χ3v) is 3.73. The van der Waals surface area contributed by atoms with Crippen molar-refractivity contribution in [3.63, 3.8) is 0 Å². The highest BCUT2D eigenvalue weighted by molar-refractivity contribution is 7.07. The molecule has 4 heteroatoms. The number of hydrogen-bond donors (Lipinski definition) is 1. The quantitative estimate of drug-likeness (QED) is 0.743. The van der Waals surface area contributed by atoms with Crippen molar-refractivity contribution in [3.8, 4) is 5.75 Å². The van der Waals surface area contributed by atoms with Crippen molar-refractivity contribution < 1.29 is 9.13 Å². The number of rotatable bonds is 8. The molecule has 108 valence electrons. The fourth-order valence-electron chi connectivity index (χ4n) is 1.94. The second-order valence-electron chi connectivity index (χ2n) is 4.66. The van der Waals surface area contributed by atoms with Gasteiger partial charge in [0.05, 0.1) is 6.61 Å². The largest absolute Gasteiger partial charge is 0.493 e. The van der Waals surface area contributed by atoms with Gasteiger partial charge in [0, 0.05) is 18.5 Å². The molecule has 0 unspecified atom stereocenters. The van der Waals surface area contributed by atoms with Gasteiger partial charge in [-0.25, -0.2) is 4.39 Å². The van der Waals surface area contributed by atoms with Crippen LogP contribution in [0.1, 0.15) is 24.5 Å². The molecule has 0 atom stereocenters. The number of nitrogens with one attached hydrogen (secondary N) is 1. The van der Waals surface area contributed by atoms with E-state index in [2.05, 4.69) is 29.1 Å². The second kappa shape index (κ2) is 8.02. The van der Waals surface area contributed by atoms with Gasteiger partial charge in [-0.2, -0.15) is 11.3 Å². The molecule has 0 spiro atoms. The topological polar surface area (TPSA) is 21.3 Å². The summed E-state index contributed by atoms with van der Waals surface area (Å²) in [6.07, 6.45) is 1.94. The average Bonchev–Trinajstić information content (AvgIpc) is 2.95. The minimum Gasteiger partial charge on any atom is -0.493 e. The summed E-state index contributed by atoms with van der Waals surface area (Å²) in [6.45, 7) is 4.28. The smallest absolute Gasteiger partial charge is 0.123 e. The predicted molar refractivity (Wildman–Crippen MR) is 81.9 cm³/mol. The van der Waals surface area contributed by atoms with Crippen molar-refractivity contribution in [1.29, 1.82) is 0 Å². The summed E-state index contributed by atoms with van der Waals surface area (Å²) < 4.78 is 19.1. The zero-order valence-electron chi connectivity index (χ0n) is 11.7. The van der Waals surface area contributed by atoms with Crippen LogP contribution in [-0.4, -0.2) is 13.2 Å². The van der Waals surface area contributed by atoms with E-state index >= 15 is 0 Å². The Morgan fingerprint density at radius 3 is 2.95 bits per heavy atom. The first-order chi connectivity index (χ1) is 9.79. The first-order valence-corrected chi connectivity index (χ1v) is 7.87. The van der Waals surface area contributed by atoms with Gasteiger partial charge >= 0.3 is 0 Å². The first-order valence-electron chi connectivity index (χ1n) is 6.92. The second-order valence-corrected chi connectivity index (χ2v) is 5.44. The molecule has 0 aliphatic carbocycles. The van der Waals surface area contributed by atoms with Crippen molar-refractivity contribution in [2.24, 2.45) is 0 Å². The van der Waals surface area contributed by atoms with Crippen LogP contribution < -0.4 is 10.1 Å². The Balaban J connectivity index is 1.91. The zero-order valence-corrected chi connectivity index (χ0v) is 12.5. The molecule has 0 bridgehead atoms. The average molecular weight is 293 g/mol. The molecule has 0 saturated carbocycles. The lowest BCUT2D eigenvalue weighted by atomic mass is 10.2. The van der Waals surface area contributed by atoms with Crippen LogP contribution in [0.15, 0.2) is 35.0 Å². The highest BCUT2D eigenvalue weighted by atomic mass is 32.1. The summed E-state index contributed by atoms with van der Waals surface area (Å²) in [6, 6.07) is 6.81. The molecule has 2 rings (SSSR count). The summed E-state index contributed by atoms with van der Waals surface area (Å²) in [5.41, 5.74) is 2.16. The van der Waals surface area contributed by atoms with Crippen LogP contribution in [-0.2, 0) is 13.0 Å². The number of thiophene rings is 1. The van der Waals surface area contributed by atoms with Gasteiger partial charge in [-0.15, -0.1) is 0 Å². The molecule has 0 radical (unpaired) electrons. The summed E-state index contributed by atoms with van der Waals surface area (Å²) >= 11 is 1.69. The molecule has 1 N–H and O–H groups in total. The maximum absolute atomic E-state index is 13.3. The lowest BCUT2D eigenvalue weighted by Crippen LogP contribution is -2.15. The van der Waals surface area contributed by atoms with E-state index in [1.807, 2.05) is 0 Å². The Morgan fingerprint density at radius 1 is 1.30 bits per heavy atom. The number of ether oxygens (including phenoxy) is 1. The Kier molecular flexibility index (Phi) is 6.02. The maximum Gasteiger partial charge on any atom is 0.123 e. The number of halogens is 1. The van der Waals surface area contributed by atoms with E-state index in [0.717, 1.165) is 30.7 Å². The molecule has 0 aliphatic rings. The maximum atomic E-state index is 13.3. The molecule has 0 fully saturated rings. The highest BCUT2D eigenvalue weighted by Crippen LogP contribution is 2.20. The summed E-state index contributed by atoms with van der Waals surface area (Å²) in [7, 11) is 0. The predicted octanol–water partition coefficient (Wildman–Crippen LogP) is 4.01. The standard InChI is InChI=1S/C16H20FNOS/c1-2-7-18-11-14-10-15(17)3-4-16(14)19-8-5-13-6-9-20-12-13/h3-4,6,9-10,12,18H,2,5,7-8,11H2,1H3. The van der Waals surface area contributed by atoms with Crippen LogP contribution >= 0.6 is 11.3 Å².